The van der Waals surface area contributed by atoms with Crippen molar-refractivity contribution in [3.8, 4) is 22.8 Å². The van der Waals surface area contributed by atoms with E-state index in [9.17, 15) is 4.79 Å². The monoisotopic (exact) mass is 438 g/mol. The van der Waals surface area contributed by atoms with Crippen molar-refractivity contribution in [3.63, 3.8) is 0 Å². The normalized spacial score (nSPS) is 11.6. The average Bonchev–Trinajstić information content (AvgIpc) is 3.11. The standard InChI is InChI=1S/C25H30N2O3S/c1-7-9-22-23(18-11-10-16(3)17(4)14-18)27(8-2)25(31-22)26-24(28)19-12-13-20(29-5)21(15-19)30-6/h10-15H,7-9H2,1-6H3. The summed E-state index contributed by atoms with van der Waals surface area (Å²) >= 11 is 1.60. The van der Waals surface area contributed by atoms with Crippen molar-refractivity contribution in [1.29, 1.82) is 0 Å². The molecule has 1 heterocycles. The van der Waals surface area contributed by atoms with Crippen molar-refractivity contribution in [1.82, 2.24) is 4.57 Å². The van der Waals surface area contributed by atoms with E-state index in [-0.39, 0.29) is 5.91 Å². The van der Waals surface area contributed by atoms with Crippen LogP contribution in [0, 0.1) is 13.8 Å². The van der Waals surface area contributed by atoms with Gasteiger partial charge in [0.1, 0.15) is 0 Å². The molecule has 0 fully saturated rings. The molecule has 0 aliphatic heterocycles. The third kappa shape index (κ3) is 4.74. The molecular weight excluding hydrogens is 408 g/mol. The van der Waals surface area contributed by atoms with Gasteiger partial charge in [-0.25, -0.2) is 0 Å². The Morgan fingerprint density at radius 3 is 2.35 bits per heavy atom. The largest absolute Gasteiger partial charge is 0.493 e. The van der Waals surface area contributed by atoms with E-state index in [1.54, 1.807) is 43.8 Å². The number of thiazole rings is 1. The molecule has 2 aromatic carbocycles. The van der Waals surface area contributed by atoms with Crippen molar-refractivity contribution in [2.75, 3.05) is 14.2 Å². The molecule has 1 amide bonds. The predicted octanol–water partition coefficient (Wildman–Crippen LogP) is 5.56. The molecular formula is C25H30N2O3S. The van der Waals surface area contributed by atoms with Crippen LogP contribution in [0.3, 0.4) is 0 Å². The minimum atomic E-state index is -0.293. The number of methoxy groups -OCH3 is 2. The van der Waals surface area contributed by atoms with Crippen molar-refractivity contribution in [2.24, 2.45) is 4.99 Å². The average molecular weight is 439 g/mol. The first-order chi connectivity index (χ1) is 14.9. The van der Waals surface area contributed by atoms with E-state index < -0.39 is 0 Å². The Morgan fingerprint density at radius 2 is 1.74 bits per heavy atom. The van der Waals surface area contributed by atoms with Gasteiger partial charge < -0.3 is 14.0 Å². The van der Waals surface area contributed by atoms with Crippen LogP contribution in [0.2, 0.25) is 0 Å². The van der Waals surface area contributed by atoms with Crippen LogP contribution in [0.1, 0.15) is 46.6 Å². The van der Waals surface area contributed by atoms with Gasteiger partial charge in [0.15, 0.2) is 16.3 Å². The third-order valence-corrected chi connectivity index (χ3v) is 6.52. The molecule has 0 unspecified atom stereocenters. The molecule has 0 saturated heterocycles. The predicted molar refractivity (Wildman–Crippen MR) is 126 cm³/mol. The van der Waals surface area contributed by atoms with Gasteiger partial charge in [0.2, 0.25) is 0 Å². The number of rotatable bonds is 7. The first kappa shape index (κ1) is 22.8. The van der Waals surface area contributed by atoms with Gasteiger partial charge in [0.25, 0.3) is 5.91 Å². The first-order valence-electron chi connectivity index (χ1n) is 10.5. The zero-order valence-electron chi connectivity index (χ0n) is 19.1. The summed E-state index contributed by atoms with van der Waals surface area (Å²) in [5, 5.41) is 0. The molecule has 3 aromatic rings. The van der Waals surface area contributed by atoms with E-state index in [4.69, 9.17) is 9.47 Å². The molecule has 0 N–H and O–H groups in total. The first-order valence-corrected chi connectivity index (χ1v) is 11.4. The molecule has 0 aliphatic carbocycles. The Balaban J connectivity index is 2.14. The van der Waals surface area contributed by atoms with E-state index in [0.29, 0.717) is 17.1 Å². The van der Waals surface area contributed by atoms with E-state index in [1.807, 2.05) is 0 Å². The molecule has 31 heavy (non-hydrogen) atoms. The lowest BCUT2D eigenvalue weighted by Crippen LogP contribution is -2.17. The van der Waals surface area contributed by atoms with Gasteiger partial charge in [-0.1, -0.05) is 25.5 Å². The van der Waals surface area contributed by atoms with Gasteiger partial charge in [-0.3, -0.25) is 4.79 Å². The highest BCUT2D eigenvalue weighted by Gasteiger charge is 2.17. The number of carbonyl (C=O) groups is 1. The van der Waals surface area contributed by atoms with Crippen molar-refractivity contribution < 1.29 is 14.3 Å². The quantitative estimate of drug-likeness (QED) is 0.485. The smallest absolute Gasteiger partial charge is 0.279 e. The van der Waals surface area contributed by atoms with Crippen molar-refractivity contribution in [3.05, 3.63) is 62.8 Å². The van der Waals surface area contributed by atoms with Crippen LogP contribution in [0.4, 0.5) is 0 Å². The molecule has 0 saturated carbocycles. The van der Waals surface area contributed by atoms with Crippen LogP contribution in [0.25, 0.3) is 11.3 Å². The molecule has 0 radical (unpaired) electrons. The number of aromatic nitrogens is 1. The summed E-state index contributed by atoms with van der Waals surface area (Å²) in [7, 11) is 3.13. The van der Waals surface area contributed by atoms with Crippen LogP contribution in [0.15, 0.2) is 41.4 Å². The summed E-state index contributed by atoms with van der Waals surface area (Å²) in [4.78, 5) is 19.5. The highest BCUT2D eigenvalue weighted by atomic mass is 32.1. The SMILES string of the molecule is CCCc1sc(=NC(=O)c2ccc(OC)c(OC)c2)n(CC)c1-c1ccc(C)c(C)c1. The molecule has 5 nitrogen and oxygen atoms in total. The Hall–Kier alpha value is -2.86. The van der Waals surface area contributed by atoms with Crippen LogP contribution in [-0.4, -0.2) is 24.7 Å². The zero-order valence-corrected chi connectivity index (χ0v) is 19.9. The molecule has 6 heteroatoms. The summed E-state index contributed by atoms with van der Waals surface area (Å²) in [6, 6.07) is 11.7. The Labute approximate surface area is 188 Å². The second-order valence-corrected chi connectivity index (χ2v) is 8.50. The number of hydrogen-bond acceptors (Lipinski definition) is 4. The van der Waals surface area contributed by atoms with Gasteiger partial charge >= 0.3 is 0 Å². The minimum Gasteiger partial charge on any atom is -0.493 e. The minimum absolute atomic E-state index is 0.293. The Kier molecular flexibility index (Phi) is 7.33. The molecule has 164 valence electrons. The highest BCUT2D eigenvalue weighted by molar-refractivity contribution is 7.09. The maximum absolute atomic E-state index is 13.0. The number of ether oxygens (including phenoxy) is 2. The highest BCUT2D eigenvalue weighted by Crippen LogP contribution is 2.30. The third-order valence-electron chi connectivity index (χ3n) is 5.38. The summed E-state index contributed by atoms with van der Waals surface area (Å²) in [5.41, 5.74) is 5.33. The van der Waals surface area contributed by atoms with E-state index >= 15 is 0 Å². The van der Waals surface area contributed by atoms with Crippen LogP contribution in [0.5, 0.6) is 11.5 Å². The lowest BCUT2D eigenvalue weighted by atomic mass is 10.0. The second kappa shape index (κ2) is 9.96. The van der Waals surface area contributed by atoms with Gasteiger partial charge in [0.05, 0.1) is 19.9 Å². The molecule has 0 bridgehead atoms. The van der Waals surface area contributed by atoms with E-state index in [1.165, 1.54) is 21.6 Å². The number of hydrogen-bond donors (Lipinski definition) is 0. The summed E-state index contributed by atoms with van der Waals surface area (Å²) in [6.07, 6.45) is 1.98. The summed E-state index contributed by atoms with van der Waals surface area (Å²) < 4.78 is 12.8. The number of benzene rings is 2. The van der Waals surface area contributed by atoms with Crippen molar-refractivity contribution in [2.45, 2.75) is 47.1 Å². The summed E-state index contributed by atoms with van der Waals surface area (Å²) in [6.45, 7) is 9.25. The van der Waals surface area contributed by atoms with Crippen LogP contribution in [-0.2, 0) is 13.0 Å². The molecule has 0 aliphatic rings. The zero-order chi connectivity index (χ0) is 22.5. The van der Waals surface area contributed by atoms with Gasteiger partial charge in [-0.2, -0.15) is 4.99 Å². The summed E-state index contributed by atoms with van der Waals surface area (Å²) in [5.74, 6) is 0.806. The van der Waals surface area contributed by atoms with E-state index in [2.05, 4.69) is 55.5 Å². The fourth-order valence-corrected chi connectivity index (χ4v) is 4.87. The van der Waals surface area contributed by atoms with E-state index in [0.717, 1.165) is 29.9 Å². The maximum Gasteiger partial charge on any atom is 0.279 e. The fraction of sp³-hybridized carbons (Fsp3) is 0.360. The van der Waals surface area contributed by atoms with Crippen LogP contribution < -0.4 is 14.3 Å². The molecule has 0 spiro atoms. The topological polar surface area (TPSA) is 52.8 Å². The Morgan fingerprint density at radius 1 is 1.00 bits per heavy atom. The number of carbonyl (C=O) groups excluding carboxylic acids is 1. The molecule has 0 atom stereocenters. The molecule has 1 aromatic heterocycles. The van der Waals surface area contributed by atoms with Crippen molar-refractivity contribution >= 4 is 17.2 Å². The van der Waals surface area contributed by atoms with Gasteiger partial charge in [-0.15, -0.1) is 11.3 Å². The molecule has 3 rings (SSSR count). The maximum atomic E-state index is 13.0. The Bertz CT molecular complexity index is 1160. The number of nitrogens with zero attached hydrogens (tertiary/aromatic N) is 2. The number of amides is 1. The fourth-order valence-electron chi connectivity index (χ4n) is 3.56. The van der Waals surface area contributed by atoms with Crippen LogP contribution >= 0.6 is 11.3 Å². The van der Waals surface area contributed by atoms with Gasteiger partial charge in [-0.05, 0) is 68.1 Å². The number of aryl methyl sites for hydroxylation is 3. The lowest BCUT2D eigenvalue weighted by molar-refractivity contribution is 0.0997. The van der Waals surface area contributed by atoms with Gasteiger partial charge in [0, 0.05) is 17.0 Å². The second-order valence-electron chi connectivity index (χ2n) is 7.44. The lowest BCUT2D eigenvalue weighted by Gasteiger charge is -2.11.